The van der Waals surface area contributed by atoms with E-state index in [4.69, 9.17) is 0 Å². The van der Waals surface area contributed by atoms with E-state index >= 15 is 0 Å². The fourth-order valence-electron chi connectivity index (χ4n) is 3.79. The van der Waals surface area contributed by atoms with Gasteiger partial charge in [-0.15, -0.1) is 0 Å². The summed E-state index contributed by atoms with van der Waals surface area (Å²) < 4.78 is 0. The molecule has 2 atom stereocenters. The summed E-state index contributed by atoms with van der Waals surface area (Å²) in [6.45, 7) is 11.8. The molecule has 0 amide bonds. The van der Waals surface area contributed by atoms with Crippen molar-refractivity contribution in [1.29, 1.82) is 0 Å². The molecule has 0 spiro atoms. The third-order valence-corrected chi connectivity index (χ3v) is 7.53. The van der Waals surface area contributed by atoms with E-state index in [9.17, 15) is 0 Å². The number of nitrogens with one attached hydrogen (secondary N) is 1. The van der Waals surface area contributed by atoms with E-state index in [-0.39, 0.29) is 5.54 Å². The monoisotopic (exact) mass is 300 g/mol. The van der Waals surface area contributed by atoms with Crippen molar-refractivity contribution >= 4 is 14.7 Å². The van der Waals surface area contributed by atoms with Crippen LogP contribution in [0.3, 0.4) is 0 Å². The second-order valence-electron chi connectivity index (χ2n) is 7.54. The second-order valence-corrected chi connectivity index (χ2v) is 10.1. The van der Waals surface area contributed by atoms with Crippen molar-refractivity contribution in [1.82, 2.24) is 9.88 Å². The molecule has 21 heavy (non-hydrogen) atoms. The minimum atomic E-state index is -1.05. The van der Waals surface area contributed by atoms with Gasteiger partial charge in [-0.25, -0.2) is 0 Å². The lowest BCUT2D eigenvalue weighted by Gasteiger charge is -2.28. The van der Waals surface area contributed by atoms with Gasteiger partial charge in [-0.05, 0) is 39.2 Å². The van der Waals surface area contributed by atoms with Gasteiger partial charge in [-0.3, -0.25) is 0 Å². The van der Waals surface area contributed by atoms with Crippen LogP contribution in [0.5, 0.6) is 0 Å². The van der Waals surface area contributed by atoms with E-state index in [0.717, 1.165) is 0 Å². The second kappa shape index (κ2) is 5.62. The summed E-state index contributed by atoms with van der Waals surface area (Å²) in [6.07, 6.45) is 5.25. The molecule has 1 N–H and O–H groups in total. The average molecular weight is 301 g/mol. The zero-order valence-electron chi connectivity index (χ0n) is 13.8. The Morgan fingerprint density at radius 3 is 2.48 bits per heavy atom. The molecular weight excluding hydrogens is 272 g/mol. The lowest BCUT2D eigenvalue weighted by Crippen LogP contribution is -2.47. The lowest BCUT2D eigenvalue weighted by molar-refractivity contribution is 0.493. The molecule has 2 unspecified atom stereocenters. The van der Waals surface area contributed by atoms with Crippen LogP contribution in [0, 0.1) is 0 Å². The maximum Gasteiger partial charge on any atom is 0.117 e. The molecule has 1 heterocycles. The first kappa shape index (κ1) is 14.9. The first-order chi connectivity index (χ1) is 9.96. The molecule has 1 aromatic rings. The number of rotatable bonds is 3. The molecule has 0 bridgehead atoms. The highest BCUT2D eigenvalue weighted by atomic mass is 28.3. The van der Waals surface area contributed by atoms with Crippen LogP contribution >= 0.6 is 0 Å². The van der Waals surface area contributed by atoms with Crippen LogP contribution in [0.2, 0.25) is 6.55 Å². The van der Waals surface area contributed by atoms with Gasteiger partial charge >= 0.3 is 0 Å². The van der Waals surface area contributed by atoms with Gasteiger partial charge in [0.1, 0.15) is 8.96 Å². The highest BCUT2D eigenvalue weighted by molar-refractivity contribution is 6.57. The van der Waals surface area contributed by atoms with Gasteiger partial charge in [0.15, 0.2) is 0 Å². The molecular formula is C18H28N2Si. The van der Waals surface area contributed by atoms with Crippen molar-refractivity contribution in [2.45, 2.75) is 51.2 Å². The summed E-state index contributed by atoms with van der Waals surface area (Å²) in [4.78, 5) is 6.48. The van der Waals surface area contributed by atoms with Gasteiger partial charge < -0.3 is 9.88 Å². The van der Waals surface area contributed by atoms with E-state index in [1.807, 2.05) is 0 Å². The largest absolute Gasteiger partial charge is 0.371 e. The normalized spacial score (nSPS) is 23.1. The van der Waals surface area contributed by atoms with Crippen LogP contribution in [0.4, 0.5) is 0 Å². The average Bonchev–Trinajstić information content (AvgIpc) is 3.03. The summed E-state index contributed by atoms with van der Waals surface area (Å²) in [5.74, 6) is 0. The topological polar surface area (TPSA) is 15.3 Å². The molecule has 2 aliphatic rings. The van der Waals surface area contributed by atoms with Gasteiger partial charge in [0.05, 0.1) is 0 Å². The molecule has 1 aromatic carbocycles. The van der Waals surface area contributed by atoms with E-state index in [0.29, 0.717) is 5.54 Å². The number of likely N-dealkylation sites (tertiary alicyclic amines) is 1. The molecule has 114 valence electrons. The third-order valence-electron chi connectivity index (χ3n) is 4.58. The predicted molar refractivity (Wildman–Crippen MR) is 93.9 cm³/mol. The quantitative estimate of drug-likeness (QED) is 0.860. The van der Waals surface area contributed by atoms with Crippen molar-refractivity contribution in [2.24, 2.45) is 0 Å². The summed E-state index contributed by atoms with van der Waals surface area (Å²) in [5.41, 5.74) is 5.37. The van der Waals surface area contributed by atoms with Gasteiger partial charge in [0.25, 0.3) is 0 Å². The minimum absolute atomic E-state index is 0.213. The van der Waals surface area contributed by atoms with Crippen LogP contribution in [0.25, 0.3) is 5.70 Å². The number of hydrogen-bond donors (Lipinski definition) is 1. The predicted octanol–water partition coefficient (Wildman–Crippen LogP) is 3.50. The Bertz CT molecular complexity index is 538. The number of benzene rings is 1. The summed E-state index contributed by atoms with van der Waals surface area (Å²) in [5, 5.41) is 0. The van der Waals surface area contributed by atoms with Gasteiger partial charge in [0, 0.05) is 35.4 Å². The Hall–Kier alpha value is -1.06. The molecule has 1 fully saturated rings. The Morgan fingerprint density at radius 1 is 1.14 bits per heavy atom. The molecule has 1 aliphatic heterocycles. The van der Waals surface area contributed by atoms with Crippen LogP contribution in [-0.4, -0.2) is 32.5 Å². The maximum absolute atomic E-state index is 3.89. The van der Waals surface area contributed by atoms with Gasteiger partial charge in [-0.2, -0.15) is 0 Å². The molecule has 1 aliphatic carbocycles. The third kappa shape index (κ3) is 3.09. The van der Waals surface area contributed by atoms with Gasteiger partial charge in [-0.1, -0.05) is 36.9 Å². The Morgan fingerprint density at radius 2 is 1.81 bits per heavy atom. The van der Waals surface area contributed by atoms with E-state index in [2.05, 4.69) is 67.5 Å². The molecule has 1 saturated heterocycles. The van der Waals surface area contributed by atoms with E-state index < -0.39 is 8.96 Å². The number of hydrogen-bond acceptors (Lipinski definition) is 2. The van der Waals surface area contributed by atoms with Crippen molar-refractivity contribution in [2.75, 3.05) is 13.1 Å². The van der Waals surface area contributed by atoms with Crippen LogP contribution < -0.4 is 4.98 Å². The zero-order valence-corrected chi connectivity index (χ0v) is 15.0. The first-order valence-corrected chi connectivity index (χ1v) is 10.7. The maximum atomic E-state index is 3.89. The molecule has 0 aromatic heterocycles. The van der Waals surface area contributed by atoms with Crippen molar-refractivity contribution < 1.29 is 0 Å². The minimum Gasteiger partial charge on any atom is -0.371 e. The molecule has 2 nitrogen and oxygen atoms in total. The molecule has 0 saturated carbocycles. The zero-order chi connectivity index (χ0) is 15.0. The lowest BCUT2D eigenvalue weighted by atomic mass is 10.1. The smallest absolute Gasteiger partial charge is 0.117 e. The fourth-order valence-corrected chi connectivity index (χ4v) is 6.64. The Balaban J connectivity index is 1.90. The van der Waals surface area contributed by atoms with E-state index in [1.165, 1.54) is 37.2 Å². The van der Waals surface area contributed by atoms with Crippen LogP contribution in [-0.2, 0) is 0 Å². The molecule has 3 heteroatoms. The van der Waals surface area contributed by atoms with Crippen molar-refractivity contribution in [3.05, 3.63) is 41.5 Å². The Kier molecular flexibility index (Phi) is 3.97. The van der Waals surface area contributed by atoms with Crippen molar-refractivity contribution in [3.63, 3.8) is 0 Å². The van der Waals surface area contributed by atoms with Gasteiger partial charge in [0.2, 0.25) is 0 Å². The molecule has 0 radical (unpaired) electrons. The highest BCUT2D eigenvalue weighted by Crippen LogP contribution is 2.39. The summed E-state index contributed by atoms with van der Waals surface area (Å²) in [7, 11) is -1.05. The molecule has 3 rings (SSSR count). The highest BCUT2D eigenvalue weighted by Gasteiger charge is 2.32. The summed E-state index contributed by atoms with van der Waals surface area (Å²) >= 11 is 0. The van der Waals surface area contributed by atoms with Crippen LogP contribution in [0.1, 0.15) is 50.3 Å². The number of fused-ring (bicyclic) bond motifs is 1. The van der Waals surface area contributed by atoms with Crippen molar-refractivity contribution in [3.8, 4) is 0 Å². The Labute approximate surface area is 130 Å². The first-order valence-electron chi connectivity index (χ1n) is 8.29. The van der Waals surface area contributed by atoms with E-state index in [1.54, 1.807) is 5.56 Å². The summed E-state index contributed by atoms with van der Waals surface area (Å²) in [6, 6.07) is 9.05. The SMILES string of the molecule is C[SiH](NC(C)(C)C)C1C=C(N2CCCC2)c2ccccc21. The number of nitrogens with zero attached hydrogens (tertiary/aromatic N) is 1. The standard InChI is InChI=1S/C18H28N2Si/c1-18(2,3)19-21(4)17-13-16(20-11-7-8-12-20)14-9-5-6-10-15(14)17/h5-6,9-10,13,17,19,21H,7-8,11-12H2,1-4H3. The number of allylic oxidation sites excluding steroid dienone is 1. The van der Waals surface area contributed by atoms with Crippen LogP contribution in [0.15, 0.2) is 30.3 Å². The fraction of sp³-hybridized carbons (Fsp3) is 0.556.